The standard InChI is InChI=1S/C7H11ClO3S/c1-7(8,12(2,10)11)6(9)5-3-4-5/h5H,3-4H2,1-2H3/t7-/m1/s1. The molecule has 3 nitrogen and oxygen atoms in total. The normalized spacial score (nSPS) is 23.2. The fourth-order valence-corrected chi connectivity index (χ4v) is 1.58. The van der Waals surface area contributed by atoms with Crippen molar-refractivity contribution < 1.29 is 13.2 Å². The zero-order valence-electron chi connectivity index (χ0n) is 7.00. The first-order chi connectivity index (χ1) is 5.27. The molecule has 70 valence electrons. The molecule has 1 atom stereocenters. The van der Waals surface area contributed by atoms with Gasteiger partial charge in [-0.25, -0.2) is 8.42 Å². The van der Waals surface area contributed by atoms with E-state index in [1.54, 1.807) is 0 Å². The molecular weight excluding hydrogens is 200 g/mol. The third kappa shape index (κ3) is 1.64. The summed E-state index contributed by atoms with van der Waals surface area (Å²) in [7, 11) is -3.49. The fourth-order valence-electron chi connectivity index (χ4n) is 0.893. The van der Waals surface area contributed by atoms with Crippen molar-refractivity contribution in [1.29, 1.82) is 0 Å². The zero-order chi connectivity index (χ0) is 9.57. The van der Waals surface area contributed by atoms with E-state index < -0.39 is 14.0 Å². The lowest BCUT2D eigenvalue weighted by Crippen LogP contribution is -2.38. The molecule has 1 aliphatic carbocycles. The topological polar surface area (TPSA) is 51.2 Å². The van der Waals surface area contributed by atoms with Crippen LogP contribution in [0.3, 0.4) is 0 Å². The summed E-state index contributed by atoms with van der Waals surface area (Å²) in [6, 6.07) is 0. The highest BCUT2D eigenvalue weighted by atomic mass is 35.5. The van der Waals surface area contributed by atoms with Gasteiger partial charge in [-0.15, -0.1) is 0 Å². The van der Waals surface area contributed by atoms with Gasteiger partial charge in [0.05, 0.1) is 0 Å². The molecule has 0 radical (unpaired) electrons. The van der Waals surface area contributed by atoms with Gasteiger partial charge < -0.3 is 0 Å². The van der Waals surface area contributed by atoms with Crippen molar-refractivity contribution in [2.45, 2.75) is 24.0 Å². The van der Waals surface area contributed by atoms with Crippen LogP contribution >= 0.6 is 11.6 Å². The molecule has 1 aliphatic rings. The lowest BCUT2D eigenvalue weighted by Gasteiger charge is -2.17. The summed E-state index contributed by atoms with van der Waals surface area (Å²) in [5, 5.41) is 0. The third-order valence-corrected chi connectivity index (χ3v) is 4.71. The summed E-state index contributed by atoms with van der Waals surface area (Å²) in [5.74, 6) is -0.478. The van der Waals surface area contributed by atoms with E-state index in [1.807, 2.05) is 0 Å². The molecule has 1 saturated carbocycles. The molecule has 0 heterocycles. The molecule has 0 N–H and O–H groups in total. The van der Waals surface area contributed by atoms with Gasteiger partial charge >= 0.3 is 0 Å². The number of carbonyl (C=O) groups is 1. The van der Waals surface area contributed by atoms with Gasteiger partial charge in [-0.05, 0) is 19.8 Å². The molecule has 0 spiro atoms. The monoisotopic (exact) mass is 210 g/mol. The minimum absolute atomic E-state index is 0.123. The van der Waals surface area contributed by atoms with Crippen LogP contribution in [0.5, 0.6) is 0 Å². The highest BCUT2D eigenvalue weighted by Gasteiger charge is 2.47. The van der Waals surface area contributed by atoms with E-state index in [0.717, 1.165) is 19.1 Å². The Morgan fingerprint density at radius 3 is 2.17 bits per heavy atom. The number of sulfone groups is 1. The zero-order valence-corrected chi connectivity index (χ0v) is 8.57. The predicted molar refractivity (Wildman–Crippen MR) is 46.8 cm³/mol. The van der Waals surface area contributed by atoms with Gasteiger partial charge in [-0.2, -0.15) is 0 Å². The van der Waals surface area contributed by atoms with Crippen molar-refractivity contribution in [3.05, 3.63) is 0 Å². The highest BCUT2D eigenvalue weighted by molar-refractivity contribution is 7.94. The molecule has 0 aromatic rings. The average molecular weight is 211 g/mol. The molecule has 0 aromatic carbocycles. The van der Waals surface area contributed by atoms with Crippen molar-refractivity contribution >= 4 is 27.2 Å². The quantitative estimate of drug-likeness (QED) is 0.653. The molecule has 0 aromatic heterocycles. The molecule has 1 rings (SSSR count). The number of alkyl halides is 1. The summed E-state index contributed by atoms with van der Waals surface area (Å²) in [6.45, 7) is 1.25. The van der Waals surface area contributed by atoms with E-state index in [2.05, 4.69) is 0 Å². The second kappa shape index (κ2) is 2.70. The van der Waals surface area contributed by atoms with E-state index >= 15 is 0 Å². The van der Waals surface area contributed by atoms with Gasteiger partial charge in [-0.1, -0.05) is 11.6 Å². The Kier molecular flexibility index (Phi) is 2.25. The Balaban J connectivity index is 2.91. The van der Waals surface area contributed by atoms with Gasteiger partial charge in [0.25, 0.3) is 0 Å². The van der Waals surface area contributed by atoms with Crippen LogP contribution in [0.2, 0.25) is 0 Å². The van der Waals surface area contributed by atoms with Crippen LogP contribution in [0.15, 0.2) is 0 Å². The van der Waals surface area contributed by atoms with E-state index in [0.29, 0.717) is 0 Å². The van der Waals surface area contributed by atoms with Crippen LogP contribution in [-0.2, 0) is 14.6 Å². The molecule has 0 unspecified atom stereocenters. The maximum Gasteiger partial charge on any atom is 0.200 e. The number of carbonyl (C=O) groups excluding carboxylic acids is 1. The second-order valence-electron chi connectivity index (χ2n) is 3.33. The van der Waals surface area contributed by atoms with Crippen LogP contribution in [-0.4, -0.2) is 24.7 Å². The maximum absolute atomic E-state index is 11.4. The van der Waals surface area contributed by atoms with Gasteiger partial charge in [-0.3, -0.25) is 4.79 Å². The van der Waals surface area contributed by atoms with Gasteiger partial charge in [0.1, 0.15) is 0 Å². The predicted octanol–water partition coefficient (Wildman–Crippen LogP) is 0.965. The van der Waals surface area contributed by atoms with Crippen LogP contribution in [0, 0.1) is 5.92 Å². The fraction of sp³-hybridized carbons (Fsp3) is 0.857. The van der Waals surface area contributed by atoms with Crippen molar-refractivity contribution in [1.82, 2.24) is 0 Å². The first kappa shape index (κ1) is 9.99. The summed E-state index contributed by atoms with van der Waals surface area (Å²) in [4.78, 5) is 11.4. The molecule has 0 bridgehead atoms. The van der Waals surface area contributed by atoms with Crippen molar-refractivity contribution in [3.8, 4) is 0 Å². The molecule has 1 fully saturated rings. The maximum atomic E-state index is 11.4. The first-order valence-electron chi connectivity index (χ1n) is 3.69. The first-order valence-corrected chi connectivity index (χ1v) is 5.96. The lowest BCUT2D eigenvalue weighted by molar-refractivity contribution is -0.120. The minimum Gasteiger partial charge on any atom is -0.296 e. The van der Waals surface area contributed by atoms with Gasteiger partial charge in [0.2, 0.25) is 0 Å². The summed E-state index contributed by atoms with van der Waals surface area (Å²) in [6.07, 6.45) is 2.54. The summed E-state index contributed by atoms with van der Waals surface area (Å²) in [5.41, 5.74) is 0. The largest absolute Gasteiger partial charge is 0.296 e. The van der Waals surface area contributed by atoms with E-state index in [-0.39, 0.29) is 11.7 Å². The van der Waals surface area contributed by atoms with Gasteiger partial charge in [0, 0.05) is 12.2 Å². The molecule has 0 aliphatic heterocycles. The van der Waals surface area contributed by atoms with Crippen LogP contribution in [0.1, 0.15) is 19.8 Å². The van der Waals surface area contributed by atoms with E-state index in [9.17, 15) is 13.2 Å². The smallest absolute Gasteiger partial charge is 0.200 e. The second-order valence-corrected chi connectivity index (χ2v) is 6.67. The van der Waals surface area contributed by atoms with Crippen molar-refractivity contribution in [2.75, 3.05) is 6.26 Å². The van der Waals surface area contributed by atoms with Gasteiger partial charge in [0.15, 0.2) is 19.8 Å². The Labute approximate surface area is 77.0 Å². The highest BCUT2D eigenvalue weighted by Crippen LogP contribution is 2.38. The Morgan fingerprint density at radius 2 is 1.92 bits per heavy atom. The average Bonchev–Trinajstić information content (AvgIpc) is 2.64. The molecule has 5 heteroatoms. The molecule has 12 heavy (non-hydrogen) atoms. The van der Waals surface area contributed by atoms with E-state index in [1.165, 1.54) is 6.92 Å². The molecule has 0 saturated heterocycles. The number of Topliss-reactive ketones (excluding diaryl/α,β-unsaturated/α-hetero) is 1. The van der Waals surface area contributed by atoms with Crippen LogP contribution in [0.4, 0.5) is 0 Å². The Morgan fingerprint density at radius 1 is 1.50 bits per heavy atom. The number of halogens is 1. The molecule has 0 amide bonds. The number of hydrogen-bond acceptors (Lipinski definition) is 3. The third-order valence-electron chi connectivity index (χ3n) is 2.08. The SMILES string of the molecule is C[C@](Cl)(C(=O)C1CC1)S(C)(=O)=O. The number of ketones is 1. The van der Waals surface area contributed by atoms with Crippen molar-refractivity contribution in [3.63, 3.8) is 0 Å². The molecular formula is C7H11ClO3S. The van der Waals surface area contributed by atoms with E-state index in [4.69, 9.17) is 11.6 Å². The van der Waals surface area contributed by atoms with Crippen molar-refractivity contribution in [2.24, 2.45) is 5.92 Å². The van der Waals surface area contributed by atoms with Crippen LogP contribution in [0.25, 0.3) is 0 Å². The van der Waals surface area contributed by atoms with Crippen LogP contribution < -0.4 is 0 Å². The minimum atomic E-state index is -3.49. The Hall–Kier alpha value is -0.0900. The Bertz CT molecular complexity index is 301. The lowest BCUT2D eigenvalue weighted by atomic mass is 10.2. The number of hydrogen-bond donors (Lipinski definition) is 0. The summed E-state index contributed by atoms with van der Waals surface area (Å²) < 4.78 is 20.4. The summed E-state index contributed by atoms with van der Waals surface area (Å²) >= 11 is 5.66. The number of rotatable bonds is 3.